The number of amides is 2. The topological polar surface area (TPSA) is 154 Å². The van der Waals surface area contributed by atoms with Crippen molar-refractivity contribution in [1.82, 2.24) is 16.0 Å². The van der Waals surface area contributed by atoms with Gasteiger partial charge in [0.2, 0.25) is 0 Å². The lowest BCUT2D eigenvalue weighted by molar-refractivity contribution is -0.0593. The predicted octanol–water partition coefficient (Wildman–Crippen LogP) is 7.17. The van der Waals surface area contributed by atoms with Crippen LogP contribution in [0.2, 0.25) is 0 Å². The van der Waals surface area contributed by atoms with Gasteiger partial charge < -0.3 is 41.5 Å². The molecule has 290 valence electrons. The molecule has 0 bridgehead atoms. The van der Waals surface area contributed by atoms with E-state index in [2.05, 4.69) is 22.9 Å². The second-order valence-corrected chi connectivity index (χ2v) is 14.8. The standard InChI is InChI=1S/C40H79N3O6/c1-3-5-6-7-8-9-10-11-12-13-14-15-16-17-18-19-20-21-22-23-24-27-30-41-40(49)43-35(37(46)31-33(44)4-2)32-42-34-28-25-26-29-36(45)39(48)38(34)47/h26,29,33-39,42,44-48H,3-25,27-28,30-32H2,1-2H3,(H2,41,43,49). The Morgan fingerprint density at radius 2 is 1.16 bits per heavy atom. The average molecular weight is 698 g/mol. The van der Waals surface area contributed by atoms with Crippen LogP contribution in [0, 0.1) is 0 Å². The third-order valence-electron chi connectivity index (χ3n) is 10.3. The molecule has 9 heteroatoms. The zero-order valence-corrected chi connectivity index (χ0v) is 31.6. The minimum absolute atomic E-state index is 0.111. The molecule has 0 aromatic carbocycles. The average Bonchev–Trinajstić information content (AvgIpc) is 3.09. The van der Waals surface area contributed by atoms with Crippen LogP contribution < -0.4 is 16.0 Å². The molecule has 0 aromatic heterocycles. The van der Waals surface area contributed by atoms with Gasteiger partial charge in [0, 0.05) is 25.6 Å². The highest BCUT2D eigenvalue weighted by atomic mass is 16.4. The maximum absolute atomic E-state index is 12.7. The molecule has 0 spiro atoms. The first-order chi connectivity index (χ1) is 23.8. The van der Waals surface area contributed by atoms with E-state index >= 15 is 0 Å². The van der Waals surface area contributed by atoms with Crippen molar-refractivity contribution < 1.29 is 30.3 Å². The summed E-state index contributed by atoms with van der Waals surface area (Å²) in [5.74, 6) is 0. The van der Waals surface area contributed by atoms with E-state index in [4.69, 9.17) is 0 Å². The van der Waals surface area contributed by atoms with Gasteiger partial charge in [-0.2, -0.15) is 0 Å². The highest BCUT2D eigenvalue weighted by molar-refractivity contribution is 5.74. The first-order valence-corrected chi connectivity index (χ1v) is 20.6. The fourth-order valence-corrected chi connectivity index (χ4v) is 6.79. The van der Waals surface area contributed by atoms with Crippen LogP contribution in [0.3, 0.4) is 0 Å². The Hall–Kier alpha value is -1.23. The van der Waals surface area contributed by atoms with E-state index in [0.717, 1.165) is 12.8 Å². The fraction of sp³-hybridized carbons (Fsp3) is 0.925. The van der Waals surface area contributed by atoms with Crippen molar-refractivity contribution >= 4 is 6.03 Å². The van der Waals surface area contributed by atoms with Gasteiger partial charge >= 0.3 is 6.03 Å². The largest absolute Gasteiger partial charge is 0.393 e. The van der Waals surface area contributed by atoms with Crippen molar-refractivity contribution in [2.24, 2.45) is 0 Å². The van der Waals surface area contributed by atoms with E-state index in [1.54, 1.807) is 6.08 Å². The Bertz CT molecular complexity index is 787. The molecule has 8 N–H and O–H groups in total. The molecule has 1 aliphatic rings. The number of aliphatic hydroxyl groups is 5. The number of urea groups is 1. The van der Waals surface area contributed by atoms with E-state index in [9.17, 15) is 30.3 Å². The molecular weight excluding hydrogens is 618 g/mol. The lowest BCUT2D eigenvalue weighted by Gasteiger charge is -2.33. The Morgan fingerprint density at radius 1 is 0.694 bits per heavy atom. The van der Waals surface area contributed by atoms with Crippen LogP contribution in [-0.2, 0) is 0 Å². The van der Waals surface area contributed by atoms with E-state index in [0.29, 0.717) is 25.8 Å². The van der Waals surface area contributed by atoms with Crippen LogP contribution in [0.5, 0.6) is 0 Å². The SMILES string of the molecule is CCCCCCCCCCCCCCCCCCCCCCCCNC(=O)NC(CNC1CCC=CC(O)C(O)C1O)C(O)CC(O)CC. The minimum atomic E-state index is -1.34. The van der Waals surface area contributed by atoms with Crippen LogP contribution in [0.1, 0.15) is 181 Å². The van der Waals surface area contributed by atoms with Gasteiger partial charge in [-0.1, -0.05) is 161 Å². The molecule has 0 saturated heterocycles. The quantitative estimate of drug-likeness (QED) is 0.0282. The minimum Gasteiger partial charge on any atom is -0.393 e. The Labute approximate surface area is 300 Å². The Balaban J connectivity index is 2.09. The number of allylic oxidation sites excluding steroid dienone is 1. The van der Waals surface area contributed by atoms with Crippen molar-refractivity contribution in [2.45, 2.75) is 223 Å². The van der Waals surface area contributed by atoms with Gasteiger partial charge in [0.25, 0.3) is 0 Å². The number of aliphatic hydroxyl groups excluding tert-OH is 5. The van der Waals surface area contributed by atoms with E-state index < -0.39 is 42.6 Å². The molecule has 1 aliphatic carbocycles. The van der Waals surface area contributed by atoms with Gasteiger partial charge in [0.15, 0.2) is 0 Å². The number of hydrogen-bond donors (Lipinski definition) is 8. The highest BCUT2D eigenvalue weighted by Gasteiger charge is 2.32. The number of unbranched alkanes of at least 4 members (excludes halogenated alkanes) is 21. The molecule has 9 nitrogen and oxygen atoms in total. The number of carbonyl (C=O) groups excluding carboxylic acids is 1. The maximum atomic E-state index is 12.7. The monoisotopic (exact) mass is 698 g/mol. The molecular formula is C40H79N3O6. The Kier molecular flexibility index (Phi) is 29.4. The molecule has 7 unspecified atom stereocenters. The van der Waals surface area contributed by atoms with E-state index in [1.807, 2.05) is 6.92 Å². The summed E-state index contributed by atoms with van der Waals surface area (Å²) in [6.45, 7) is 4.80. The van der Waals surface area contributed by atoms with Crippen molar-refractivity contribution in [3.8, 4) is 0 Å². The molecule has 2 amide bonds. The zero-order valence-electron chi connectivity index (χ0n) is 31.6. The zero-order chi connectivity index (χ0) is 36.0. The van der Waals surface area contributed by atoms with Crippen LogP contribution in [0.25, 0.3) is 0 Å². The molecule has 0 saturated carbocycles. The first kappa shape index (κ1) is 45.8. The van der Waals surface area contributed by atoms with Gasteiger partial charge in [0.05, 0.1) is 24.4 Å². The van der Waals surface area contributed by atoms with E-state index in [-0.39, 0.29) is 19.0 Å². The van der Waals surface area contributed by atoms with E-state index in [1.165, 1.54) is 134 Å². The molecule has 0 aromatic rings. The number of hydrogen-bond acceptors (Lipinski definition) is 7. The summed E-state index contributed by atoms with van der Waals surface area (Å²) in [5, 5.41) is 60.6. The third-order valence-corrected chi connectivity index (χ3v) is 10.3. The van der Waals surface area contributed by atoms with Crippen molar-refractivity contribution in [2.75, 3.05) is 13.1 Å². The Morgan fingerprint density at radius 3 is 1.63 bits per heavy atom. The smallest absolute Gasteiger partial charge is 0.315 e. The molecule has 0 fully saturated rings. The van der Waals surface area contributed by atoms with Crippen LogP contribution >= 0.6 is 0 Å². The van der Waals surface area contributed by atoms with Crippen LogP contribution in [-0.4, -0.2) is 87.3 Å². The van der Waals surface area contributed by atoms with Crippen molar-refractivity contribution in [3.63, 3.8) is 0 Å². The molecule has 1 rings (SSSR count). The van der Waals surface area contributed by atoms with Gasteiger partial charge in [-0.05, 0) is 25.7 Å². The van der Waals surface area contributed by atoms with Gasteiger partial charge in [-0.3, -0.25) is 0 Å². The summed E-state index contributed by atoms with van der Waals surface area (Å²) in [6.07, 6.45) is 29.1. The second kappa shape index (κ2) is 31.5. The first-order valence-electron chi connectivity index (χ1n) is 20.6. The van der Waals surface area contributed by atoms with Gasteiger partial charge in [-0.15, -0.1) is 0 Å². The number of nitrogens with one attached hydrogen (secondary N) is 3. The molecule has 0 heterocycles. The summed E-state index contributed by atoms with van der Waals surface area (Å²) in [7, 11) is 0. The van der Waals surface area contributed by atoms with Crippen LogP contribution in [0.15, 0.2) is 12.2 Å². The molecule has 0 aliphatic heterocycles. The highest BCUT2D eigenvalue weighted by Crippen LogP contribution is 2.17. The maximum Gasteiger partial charge on any atom is 0.315 e. The summed E-state index contributed by atoms with van der Waals surface area (Å²) < 4.78 is 0. The second-order valence-electron chi connectivity index (χ2n) is 14.8. The molecule has 49 heavy (non-hydrogen) atoms. The fourth-order valence-electron chi connectivity index (χ4n) is 6.79. The molecule has 0 radical (unpaired) electrons. The summed E-state index contributed by atoms with van der Waals surface area (Å²) in [4.78, 5) is 12.7. The summed E-state index contributed by atoms with van der Waals surface area (Å²) >= 11 is 0. The number of rotatable bonds is 31. The third kappa shape index (κ3) is 24.6. The van der Waals surface area contributed by atoms with Gasteiger partial charge in [0.1, 0.15) is 12.2 Å². The lowest BCUT2D eigenvalue weighted by Crippen LogP contribution is -2.57. The van der Waals surface area contributed by atoms with Crippen molar-refractivity contribution in [1.29, 1.82) is 0 Å². The summed E-state index contributed by atoms with van der Waals surface area (Å²) in [6, 6.07) is -1.62. The summed E-state index contributed by atoms with van der Waals surface area (Å²) in [5.41, 5.74) is 0. The predicted molar refractivity (Wildman–Crippen MR) is 203 cm³/mol. The van der Waals surface area contributed by atoms with Crippen LogP contribution in [0.4, 0.5) is 4.79 Å². The normalized spacial score (nSPS) is 21.5. The van der Waals surface area contributed by atoms with Gasteiger partial charge in [-0.25, -0.2) is 4.79 Å². The van der Waals surface area contributed by atoms with Crippen molar-refractivity contribution in [3.05, 3.63) is 12.2 Å². The lowest BCUT2D eigenvalue weighted by atomic mass is 9.93. The molecule has 7 atom stereocenters. The number of carbonyl (C=O) groups is 1.